The molecule has 7 nitrogen and oxygen atoms in total. The van der Waals surface area contributed by atoms with E-state index in [1.165, 1.54) is 29.2 Å². The lowest BCUT2D eigenvalue weighted by Gasteiger charge is -2.33. The normalized spacial score (nSPS) is 12.0. The Kier molecular flexibility index (Phi) is 11.1. The Bertz CT molecular complexity index is 1420. The van der Waals surface area contributed by atoms with Crippen molar-refractivity contribution >= 4 is 39.1 Å². The number of anilines is 1. The van der Waals surface area contributed by atoms with Crippen LogP contribution in [0.15, 0.2) is 72.8 Å². The van der Waals surface area contributed by atoms with Gasteiger partial charge < -0.3 is 10.2 Å². The monoisotopic (exact) mass is 587 g/mol. The number of unbranched alkanes of at least 4 members (excludes halogenated alkanes) is 1. The quantitative estimate of drug-likeness (QED) is 0.282. The fourth-order valence-electron chi connectivity index (χ4n) is 4.22. The maximum Gasteiger partial charge on any atom is 0.244 e. The van der Waals surface area contributed by atoms with Crippen molar-refractivity contribution in [3.63, 3.8) is 0 Å². The number of amides is 2. The molecule has 3 rings (SSSR count). The molecule has 10 heteroatoms. The summed E-state index contributed by atoms with van der Waals surface area (Å²) in [7, 11) is -3.93. The summed E-state index contributed by atoms with van der Waals surface area (Å²) in [5.41, 5.74) is 1.97. The average Bonchev–Trinajstić information content (AvgIpc) is 2.91. The van der Waals surface area contributed by atoms with Gasteiger partial charge in [0.25, 0.3) is 0 Å². The summed E-state index contributed by atoms with van der Waals surface area (Å²) in [6.07, 6.45) is 2.77. The second kappa shape index (κ2) is 14.3. The summed E-state index contributed by atoms with van der Waals surface area (Å²) in [6.45, 7) is 3.37. The van der Waals surface area contributed by atoms with Crippen LogP contribution in [0, 0.1) is 12.7 Å². The van der Waals surface area contributed by atoms with Crippen molar-refractivity contribution in [2.75, 3.05) is 23.7 Å². The Morgan fingerprint density at radius 3 is 2.33 bits per heavy atom. The molecule has 40 heavy (non-hydrogen) atoms. The number of benzene rings is 3. The first kappa shape index (κ1) is 31.1. The number of hydrogen-bond donors (Lipinski definition) is 1. The van der Waals surface area contributed by atoms with Crippen LogP contribution in [0.4, 0.5) is 10.1 Å². The third kappa shape index (κ3) is 8.53. The van der Waals surface area contributed by atoms with Gasteiger partial charge in [0, 0.05) is 30.1 Å². The highest BCUT2D eigenvalue weighted by Gasteiger charge is 2.33. The molecule has 0 aliphatic carbocycles. The molecule has 0 bridgehead atoms. The predicted molar refractivity (Wildman–Crippen MR) is 157 cm³/mol. The number of rotatable bonds is 13. The number of halogens is 2. The Labute approximate surface area is 241 Å². The van der Waals surface area contributed by atoms with Crippen LogP contribution in [-0.4, -0.2) is 50.5 Å². The van der Waals surface area contributed by atoms with Crippen LogP contribution in [0.2, 0.25) is 5.02 Å². The van der Waals surface area contributed by atoms with Crippen LogP contribution in [0.25, 0.3) is 0 Å². The molecule has 0 heterocycles. The Morgan fingerprint density at radius 2 is 1.70 bits per heavy atom. The molecule has 0 fully saturated rings. The van der Waals surface area contributed by atoms with Gasteiger partial charge in [0.15, 0.2) is 0 Å². The zero-order valence-corrected chi connectivity index (χ0v) is 24.5. The van der Waals surface area contributed by atoms with Crippen LogP contribution < -0.4 is 9.62 Å². The van der Waals surface area contributed by atoms with Gasteiger partial charge in [-0.15, -0.1) is 0 Å². The van der Waals surface area contributed by atoms with E-state index in [0.717, 1.165) is 34.5 Å². The predicted octanol–water partition coefficient (Wildman–Crippen LogP) is 5.11. The molecular weight excluding hydrogens is 553 g/mol. The molecule has 0 aromatic heterocycles. The van der Waals surface area contributed by atoms with Gasteiger partial charge in [0.2, 0.25) is 21.8 Å². The highest BCUT2D eigenvalue weighted by atomic mass is 35.5. The number of nitrogens with zero attached hydrogens (tertiary/aromatic N) is 2. The SMILES string of the molecule is CCCCNC(=O)[C@@H](Cc1ccccc1)N(Cc1ccccc1F)C(=O)CN(c1ccc(C)c(Cl)c1)S(C)(=O)=O. The summed E-state index contributed by atoms with van der Waals surface area (Å²) in [5.74, 6) is -1.58. The highest BCUT2D eigenvalue weighted by Crippen LogP contribution is 2.26. The molecule has 0 saturated heterocycles. The van der Waals surface area contributed by atoms with Gasteiger partial charge in [-0.2, -0.15) is 0 Å². The van der Waals surface area contributed by atoms with E-state index in [4.69, 9.17) is 11.6 Å². The Morgan fingerprint density at radius 1 is 1.02 bits per heavy atom. The van der Waals surface area contributed by atoms with E-state index < -0.39 is 40.2 Å². The maximum atomic E-state index is 14.8. The van der Waals surface area contributed by atoms with E-state index in [1.54, 1.807) is 25.1 Å². The molecule has 214 valence electrons. The van der Waals surface area contributed by atoms with Crippen molar-refractivity contribution in [3.8, 4) is 0 Å². The summed E-state index contributed by atoms with van der Waals surface area (Å²) in [6, 6.07) is 18.9. The molecule has 0 saturated carbocycles. The van der Waals surface area contributed by atoms with Gasteiger partial charge in [-0.25, -0.2) is 12.8 Å². The lowest BCUT2D eigenvalue weighted by molar-refractivity contribution is -0.140. The molecule has 2 amide bonds. The van der Waals surface area contributed by atoms with E-state index in [-0.39, 0.29) is 24.2 Å². The van der Waals surface area contributed by atoms with E-state index in [0.29, 0.717) is 11.6 Å². The van der Waals surface area contributed by atoms with Crippen molar-refractivity contribution in [1.82, 2.24) is 10.2 Å². The van der Waals surface area contributed by atoms with Gasteiger partial charge in [-0.3, -0.25) is 13.9 Å². The van der Waals surface area contributed by atoms with Gasteiger partial charge in [0.05, 0.1) is 11.9 Å². The summed E-state index contributed by atoms with van der Waals surface area (Å²) >= 11 is 6.26. The molecular formula is C30H35ClFN3O4S. The standard InChI is InChI=1S/C30H35ClFN3O4S/c1-4-5-17-33-30(37)28(18-23-11-7-6-8-12-23)34(20-24-13-9-10-14-27(24)32)29(36)21-35(40(3,38)39)25-16-15-22(2)26(31)19-25/h6-16,19,28H,4-5,17-18,20-21H2,1-3H3,(H,33,37)/t28-/m1/s1. The first-order valence-electron chi connectivity index (χ1n) is 13.1. The van der Waals surface area contributed by atoms with E-state index in [2.05, 4.69) is 5.32 Å². The van der Waals surface area contributed by atoms with E-state index in [9.17, 15) is 22.4 Å². The number of aryl methyl sites for hydroxylation is 1. The zero-order valence-electron chi connectivity index (χ0n) is 22.9. The Balaban J connectivity index is 2.05. The summed E-state index contributed by atoms with van der Waals surface area (Å²) in [5, 5.41) is 3.24. The van der Waals surface area contributed by atoms with Gasteiger partial charge in [-0.05, 0) is 42.7 Å². The molecule has 1 atom stereocenters. The molecule has 0 radical (unpaired) electrons. The smallest absolute Gasteiger partial charge is 0.244 e. The van der Waals surface area contributed by atoms with Crippen molar-refractivity contribution in [1.29, 1.82) is 0 Å². The van der Waals surface area contributed by atoms with Crippen LogP contribution in [0.5, 0.6) is 0 Å². The third-order valence-corrected chi connectivity index (χ3v) is 8.07. The minimum absolute atomic E-state index is 0.161. The molecule has 0 aliphatic rings. The minimum Gasteiger partial charge on any atom is -0.354 e. The van der Waals surface area contributed by atoms with Gasteiger partial charge in [-0.1, -0.05) is 79.5 Å². The second-order valence-corrected chi connectivity index (χ2v) is 12.0. The van der Waals surface area contributed by atoms with Gasteiger partial charge >= 0.3 is 0 Å². The molecule has 1 N–H and O–H groups in total. The number of carbonyl (C=O) groups is 2. The molecule has 0 aliphatic heterocycles. The number of sulfonamides is 1. The van der Waals surface area contributed by atoms with Crippen LogP contribution in [0.1, 0.15) is 36.5 Å². The summed E-state index contributed by atoms with van der Waals surface area (Å²) in [4.78, 5) is 28.8. The number of nitrogens with one attached hydrogen (secondary N) is 1. The minimum atomic E-state index is -3.93. The fourth-order valence-corrected chi connectivity index (χ4v) is 5.24. The van der Waals surface area contributed by atoms with E-state index >= 15 is 0 Å². The fraction of sp³-hybridized carbons (Fsp3) is 0.333. The highest BCUT2D eigenvalue weighted by molar-refractivity contribution is 7.92. The maximum absolute atomic E-state index is 14.8. The first-order valence-corrected chi connectivity index (χ1v) is 15.3. The second-order valence-electron chi connectivity index (χ2n) is 9.67. The van der Waals surface area contributed by atoms with Gasteiger partial charge in [0.1, 0.15) is 18.4 Å². The molecule has 0 spiro atoms. The first-order chi connectivity index (χ1) is 19.0. The van der Waals surface area contributed by atoms with Crippen molar-refractivity contribution in [2.45, 2.75) is 45.7 Å². The lowest BCUT2D eigenvalue weighted by Crippen LogP contribution is -2.53. The van der Waals surface area contributed by atoms with Crippen molar-refractivity contribution in [2.24, 2.45) is 0 Å². The average molecular weight is 588 g/mol. The summed E-state index contributed by atoms with van der Waals surface area (Å²) < 4.78 is 41.4. The largest absolute Gasteiger partial charge is 0.354 e. The van der Waals surface area contributed by atoms with Crippen molar-refractivity contribution < 1.29 is 22.4 Å². The molecule has 3 aromatic carbocycles. The molecule has 3 aromatic rings. The Hall–Kier alpha value is -3.43. The van der Waals surface area contributed by atoms with Crippen LogP contribution in [0.3, 0.4) is 0 Å². The van der Waals surface area contributed by atoms with Crippen LogP contribution in [-0.2, 0) is 32.6 Å². The third-order valence-electron chi connectivity index (χ3n) is 6.52. The topological polar surface area (TPSA) is 86.8 Å². The number of hydrogen-bond acceptors (Lipinski definition) is 4. The van der Waals surface area contributed by atoms with E-state index in [1.807, 2.05) is 37.3 Å². The zero-order chi connectivity index (χ0) is 29.3. The van der Waals surface area contributed by atoms with Crippen molar-refractivity contribution in [3.05, 3.63) is 100 Å². The number of carbonyl (C=O) groups excluding carboxylic acids is 2. The lowest BCUT2D eigenvalue weighted by atomic mass is 10.0. The molecule has 0 unspecified atom stereocenters. The van der Waals surface area contributed by atoms with Crippen LogP contribution >= 0.6 is 11.6 Å².